The van der Waals surface area contributed by atoms with Crippen LogP contribution in [0.4, 0.5) is 5.69 Å². The quantitative estimate of drug-likeness (QED) is 0.347. The first-order valence-electron chi connectivity index (χ1n) is 10.6. The third-order valence-electron chi connectivity index (χ3n) is 6.81. The maximum Gasteiger partial charge on any atom is 0.241 e. The zero-order chi connectivity index (χ0) is 23.8. The van der Waals surface area contributed by atoms with Crippen molar-refractivity contribution in [1.82, 2.24) is 0 Å². The Morgan fingerprint density at radius 2 is 1.38 bits per heavy atom. The lowest BCUT2D eigenvalue weighted by Gasteiger charge is -2.27. The van der Waals surface area contributed by atoms with Crippen LogP contribution in [-0.4, -0.2) is 29.0 Å². The lowest BCUT2D eigenvalue weighted by atomic mass is 9.77. The van der Waals surface area contributed by atoms with Crippen LogP contribution in [0.1, 0.15) is 32.4 Å². The van der Waals surface area contributed by atoms with Gasteiger partial charge in [0.15, 0.2) is 0 Å². The Morgan fingerprint density at radius 1 is 0.794 bits per heavy atom. The van der Waals surface area contributed by atoms with E-state index in [0.717, 1.165) is 9.37 Å². The zero-order valence-corrected chi connectivity index (χ0v) is 19.7. The number of ether oxygens (including phenoxy) is 1. The monoisotopic (exact) mass is 535 g/mol. The number of fused-ring (bicyclic) bond motifs is 3. The van der Waals surface area contributed by atoms with Crippen molar-refractivity contribution < 1.29 is 23.9 Å². The molecule has 2 aliphatic heterocycles. The maximum absolute atomic E-state index is 13.8. The summed E-state index contributed by atoms with van der Waals surface area (Å²) in [5, 5.41) is 0.215. The largest absolute Gasteiger partial charge is 0.349 e. The van der Waals surface area contributed by atoms with Crippen LogP contribution in [-0.2, 0) is 14.3 Å². The average Bonchev–Trinajstić information content (AvgIpc) is 3.40. The molecule has 0 unspecified atom stereocenters. The first kappa shape index (κ1) is 21.4. The second-order valence-corrected chi connectivity index (χ2v) is 9.82. The van der Waals surface area contributed by atoms with Crippen LogP contribution in [0.15, 0.2) is 77.3 Å². The summed E-state index contributed by atoms with van der Waals surface area (Å²) < 4.78 is 7.06. The van der Waals surface area contributed by atoms with E-state index in [4.69, 9.17) is 16.3 Å². The van der Waals surface area contributed by atoms with Crippen LogP contribution in [0.3, 0.4) is 0 Å². The average molecular weight is 537 g/mol. The first-order valence-corrected chi connectivity index (χ1v) is 11.8. The molecule has 8 heteroatoms. The highest BCUT2D eigenvalue weighted by molar-refractivity contribution is 9.10. The van der Waals surface area contributed by atoms with E-state index in [1.165, 1.54) is 0 Å². The van der Waals surface area contributed by atoms with Crippen LogP contribution in [0.25, 0.3) is 0 Å². The summed E-state index contributed by atoms with van der Waals surface area (Å²) >= 11 is 9.71. The number of rotatable bonds is 2. The van der Waals surface area contributed by atoms with Crippen LogP contribution in [0.5, 0.6) is 0 Å². The van der Waals surface area contributed by atoms with E-state index in [1.807, 2.05) is 0 Å². The molecular weight excluding hydrogens is 522 g/mol. The van der Waals surface area contributed by atoms with E-state index in [-0.39, 0.29) is 21.8 Å². The van der Waals surface area contributed by atoms with Crippen LogP contribution in [0, 0.1) is 11.8 Å². The topological polar surface area (TPSA) is 80.8 Å². The summed E-state index contributed by atoms with van der Waals surface area (Å²) in [6, 6.07) is 19.9. The third kappa shape index (κ3) is 2.66. The molecule has 0 aromatic heterocycles. The fourth-order valence-corrected chi connectivity index (χ4v) is 5.83. The molecule has 168 valence electrons. The number of halogens is 2. The molecule has 0 N–H and O–H groups in total. The molecule has 3 atom stereocenters. The van der Waals surface area contributed by atoms with Crippen molar-refractivity contribution in [2.24, 2.45) is 11.8 Å². The highest BCUT2D eigenvalue weighted by Crippen LogP contribution is 2.58. The Bertz CT molecular complexity index is 1380. The number of nitrogens with zero attached hydrogens (tertiary/aromatic N) is 1. The molecule has 3 aromatic rings. The summed E-state index contributed by atoms with van der Waals surface area (Å²) in [7, 11) is 0. The van der Waals surface area contributed by atoms with Crippen LogP contribution < -0.4 is 4.90 Å². The fourth-order valence-electron chi connectivity index (χ4n) is 5.34. The van der Waals surface area contributed by atoms with E-state index in [0.29, 0.717) is 5.56 Å². The molecule has 3 aliphatic rings. The number of carbonyl (C=O) groups excluding carboxylic acids is 4. The lowest BCUT2D eigenvalue weighted by Crippen LogP contribution is -2.51. The number of hydrogen-bond donors (Lipinski definition) is 0. The van der Waals surface area contributed by atoms with E-state index >= 15 is 0 Å². The number of amides is 2. The van der Waals surface area contributed by atoms with Gasteiger partial charge in [0.1, 0.15) is 0 Å². The van der Waals surface area contributed by atoms with Gasteiger partial charge in [0.25, 0.3) is 0 Å². The number of para-hydroxylation sites is 1. The van der Waals surface area contributed by atoms with E-state index in [9.17, 15) is 19.2 Å². The van der Waals surface area contributed by atoms with Gasteiger partial charge in [-0.2, -0.15) is 0 Å². The standard InChI is InChI=1S/C26H15BrClNO5/c27-14-11-9-13(10-12-14)21-19-20(25(33)29(24(19)32)18-8-4-3-7-17(18)28)26(34-21)22(30)15-5-1-2-6-16(15)23(26)31/h1-12,19-21H/t19-,20-,21-/m0/s1. The Hall–Kier alpha value is -3.13. The molecule has 0 saturated carbocycles. The van der Waals surface area contributed by atoms with E-state index < -0.39 is 46.9 Å². The molecule has 6 rings (SSSR count). The predicted molar refractivity (Wildman–Crippen MR) is 127 cm³/mol. The molecular formula is C26H15BrClNO5. The first-order chi connectivity index (χ1) is 16.4. The van der Waals surface area contributed by atoms with E-state index in [1.54, 1.807) is 72.8 Å². The minimum atomic E-state index is -2.10. The summed E-state index contributed by atoms with van der Waals surface area (Å²) in [5.41, 5.74) is -0.907. The second-order valence-electron chi connectivity index (χ2n) is 8.50. The van der Waals surface area contributed by atoms with Crippen molar-refractivity contribution in [2.75, 3.05) is 4.90 Å². The molecule has 34 heavy (non-hydrogen) atoms. The van der Waals surface area contributed by atoms with Crippen LogP contribution >= 0.6 is 27.5 Å². The van der Waals surface area contributed by atoms with Crippen molar-refractivity contribution >= 4 is 56.6 Å². The van der Waals surface area contributed by atoms with E-state index in [2.05, 4.69) is 15.9 Å². The predicted octanol–water partition coefficient (Wildman–Crippen LogP) is 4.80. The lowest BCUT2D eigenvalue weighted by molar-refractivity contribution is -0.127. The maximum atomic E-state index is 13.8. The molecule has 2 amide bonds. The van der Waals surface area contributed by atoms with Crippen molar-refractivity contribution in [3.05, 3.63) is 99.0 Å². The molecule has 3 aromatic carbocycles. The highest BCUT2D eigenvalue weighted by Gasteiger charge is 2.74. The minimum Gasteiger partial charge on any atom is -0.349 e. The van der Waals surface area contributed by atoms with Gasteiger partial charge in [0.05, 0.1) is 28.6 Å². The zero-order valence-electron chi connectivity index (χ0n) is 17.4. The molecule has 0 bridgehead atoms. The number of benzene rings is 3. The normalized spacial score (nSPS) is 24.8. The van der Waals surface area contributed by atoms with Gasteiger partial charge in [0, 0.05) is 15.6 Å². The van der Waals surface area contributed by atoms with Gasteiger partial charge in [-0.15, -0.1) is 0 Å². The number of carbonyl (C=O) groups is 4. The Labute approximate surface area is 207 Å². The SMILES string of the molecule is O=C1[C@H]2[C@@H](C(=O)N1c1ccccc1Cl)C1(O[C@H]2c2ccc(Br)cc2)C(=O)c2ccccc2C1=O. The minimum absolute atomic E-state index is 0.194. The summed E-state index contributed by atoms with van der Waals surface area (Å²) in [6.45, 7) is 0. The Morgan fingerprint density at radius 3 is 2.00 bits per heavy atom. The molecule has 1 spiro atoms. The molecule has 2 saturated heterocycles. The van der Waals surface area contributed by atoms with Crippen molar-refractivity contribution in [2.45, 2.75) is 11.7 Å². The van der Waals surface area contributed by atoms with Crippen molar-refractivity contribution in [3.8, 4) is 0 Å². The molecule has 2 fully saturated rings. The Kier molecular flexibility index (Phi) is 4.68. The van der Waals surface area contributed by atoms with Crippen LogP contribution in [0.2, 0.25) is 5.02 Å². The highest BCUT2D eigenvalue weighted by atomic mass is 79.9. The van der Waals surface area contributed by atoms with Gasteiger partial charge >= 0.3 is 0 Å². The molecule has 0 radical (unpaired) electrons. The molecule has 6 nitrogen and oxygen atoms in total. The summed E-state index contributed by atoms with van der Waals surface area (Å²) in [5.74, 6) is -4.78. The smallest absolute Gasteiger partial charge is 0.241 e. The number of Topliss-reactive ketones (excluding diaryl/α,β-unsaturated/α-hetero) is 2. The summed E-state index contributed by atoms with van der Waals surface area (Å²) in [6.07, 6.45) is -0.968. The van der Waals surface area contributed by atoms with Gasteiger partial charge in [-0.1, -0.05) is 76.1 Å². The van der Waals surface area contributed by atoms with Crippen molar-refractivity contribution in [3.63, 3.8) is 0 Å². The fraction of sp³-hybridized carbons (Fsp3) is 0.154. The molecule has 1 aliphatic carbocycles. The van der Waals surface area contributed by atoms with Gasteiger partial charge in [-0.25, -0.2) is 4.90 Å². The van der Waals surface area contributed by atoms with Crippen molar-refractivity contribution in [1.29, 1.82) is 0 Å². The number of imide groups is 1. The van der Waals surface area contributed by atoms with Gasteiger partial charge < -0.3 is 4.74 Å². The number of hydrogen-bond acceptors (Lipinski definition) is 5. The second kappa shape index (κ2) is 7.43. The Balaban J connectivity index is 1.56. The summed E-state index contributed by atoms with van der Waals surface area (Å²) in [4.78, 5) is 56.0. The molecule has 2 heterocycles. The number of ketones is 2. The third-order valence-corrected chi connectivity index (χ3v) is 7.66. The van der Waals surface area contributed by atoms with Gasteiger partial charge in [-0.3, -0.25) is 19.2 Å². The number of anilines is 1. The van der Waals surface area contributed by atoms with Gasteiger partial charge in [0.2, 0.25) is 29.0 Å². The van der Waals surface area contributed by atoms with Gasteiger partial charge in [-0.05, 0) is 29.8 Å².